The number of hydrogen-bond donors (Lipinski definition) is 4. The zero-order chi connectivity index (χ0) is 12.6. The Labute approximate surface area is 94.9 Å². The molecule has 0 aliphatic carbocycles. The quantitative estimate of drug-likeness (QED) is 0.550. The van der Waals surface area contributed by atoms with Gasteiger partial charge in [-0.2, -0.15) is 0 Å². The molecular weight excluding hydrogens is 236 g/mol. The first-order valence-electron chi connectivity index (χ1n) is 4.15. The van der Waals surface area contributed by atoms with Gasteiger partial charge in [0.1, 0.15) is 11.6 Å². The molecule has 9 heteroatoms. The van der Waals surface area contributed by atoms with E-state index >= 15 is 0 Å². The molecule has 0 fully saturated rings. The predicted octanol–water partition coefficient (Wildman–Crippen LogP) is -0.617. The van der Waals surface area contributed by atoms with Crippen molar-refractivity contribution in [3.05, 3.63) is 5.51 Å². The van der Waals surface area contributed by atoms with Crippen molar-refractivity contribution in [2.24, 2.45) is 5.73 Å². The third-order valence-corrected chi connectivity index (χ3v) is 1.89. The Balaban J connectivity index is 0.000000315. The molecular formula is C7H12N4O4S. The number of aromatic nitrogens is 2. The second-order valence-corrected chi connectivity index (χ2v) is 3.52. The standard InChI is InChI=1S/C5H9NO4.C2H3N3S/c6-3(5(9)10)1-2-4(7)8;3-2-5-4-1-6-2/h3H,1-2,6H2,(H,7,8)(H,9,10);1H,(H2,3,5). The molecule has 6 N–H and O–H groups in total. The van der Waals surface area contributed by atoms with Crippen LogP contribution in [0.4, 0.5) is 5.13 Å². The summed E-state index contributed by atoms with van der Waals surface area (Å²) in [4.78, 5) is 19.9. The normalized spacial score (nSPS) is 11.1. The molecule has 1 rings (SSSR count). The minimum atomic E-state index is -1.17. The van der Waals surface area contributed by atoms with Crippen LogP contribution in [0, 0.1) is 0 Å². The van der Waals surface area contributed by atoms with E-state index in [1.807, 2.05) is 0 Å². The second kappa shape index (κ2) is 7.54. The number of carboxylic acids is 2. The molecule has 0 radical (unpaired) electrons. The van der Waals surface area contributed by atoms with Gasteiger partial charge in [0.2, 0.25) is 5.13 Å². The summed E-state index contributed by atoms with van der Waals surface area (Å²) in [5.41, 5.74) is 11.7. The molecule has 16 heavy (non-hydrogen) atoms. The van der Waals surface area contributed by atoms with E-state index in [2.05, 4.69) is 10.2 Å². The average molecular weight is 248 g/mol. The van der Waals surface area contributed by atoms with Crippen LogP contribution in [-0.4, -0.2) is 38.4 Å². The first-order valence-corrected chi connectivity index (χ1v) is 5.03. The van der Waals surface area contributed by atoms with E-state index in [4.69, 9.17) is 21.7 Å². The largest absolute Gasteiger partial charge is 0.481 e. The van der Waals surface area contributed by atoms with Crippen molar-refractivity contribution in [3.63, 3.8) is 0 Å². The molecule has 0 amide bonds. The first-order chi connectivity index (χ1) is 7.43. The summed E-state index contributed by atoms with van der Waals surface area (Å²) in [5.74, 6) is -2.20. The van der Waals surface area contributed by atoms with E-state index in [0.717, 1.165) is 0 Å². The van der Waals surface area contributed by atoms with Gasteiger partial charge in [-0.05, 0) is 6.42 Å². The average Bonchev–Trinajstić information content (AvgIpc) is 2.66. The predicted molar refractivity (Wildman–Crippen MR) is 56.8 cm³/mol. The van der Waals surface area contributed by atoms with E-state index < -0.39 is 18.0 Å². The van der Waals surface area contributed by atoms with Gasteiger partial charge in [-0.25, -0.2) is 0 Å². The lowest BCUT2D eigenvalue weighted by Crippen LogP contribution is -2.30. The van der Waals surface area contributed by atoms with Crippen LogP contribution in [0.25, 0.3) is 0 Å². The van der Waals surface area contributed by atoms with E-state index in [9.17, 15) is 9.59 Å². The number of anilines is 1. The number of nitrogen functional groups attached to an aromatic ring is 1. The van der Waals surface area contributed by atoms with Gasteiger partial charge in [0.15, 0.2) is 0 Å². The van der Waals surface area contributed by atoms with Gasteiger partial charge in [0, 0.05) is 6.42 Å². The minimum absolute atomic E-state index is 0.0231. The lowest BCUT2D eigenvalue weighted by molar-refractivity contribution is -0.139. The highest BCUT2D eigenvalue weighted by molar-refractivity contribution is 7.13. The molecule has 0 saturated carbocycles. The lowest BCUT2D eigenvalue weighted by Gasteiger charge is -2.01. The molecule has 8 nitrogen and oxygen atoms in total. The fraction of sp³-hybridized carbons (Fsp3) is 0.429. The number of carbonyl (C=O) groups is 2. The van der Waals surface area contributed by atoms with Gasteiger partial charge in [-0.1, -0.05) is 11.3 Å². The van der Waals surface area contributed by atoms with Gasteiger partial charge >= 0.3 is 11.9 Å². The number of nitrogens with two attached hydrogens (primary N) is 2. The Morgan fingerprint density at radius 3 is 2.38 bits per heavy atom. The SMILES string of the molecule is NC(CCC(=O)O)C(=O)O.Nc1nncs1. The van der Waals surface area contributed by atoms with Crippen LogP contribution < -0.4 is 11.5 Å². The molecule has 0 aliphatic heterocycles. The highest BCUT2D eigenvalue weighted by Gasteiger charge is 2.12. The molecule has 1 aromatic rings. The molecule has 1 atom stereocenters. The number of nitrogens with zero attached hydrogens (tertiary/aromatic N) is 2. The van der Waals surface area contributed by atoms with E-state index in [1.165, 1.54) is 11.3 Å². The Kier molecular flexibility index (Phi) is 6.72. The third kappa shape index (κ3) is 7.64. The topological polar surface area (TPSA) is 152 Å². The van der Waals surface area contributed by atoms with Crippen LogP contribution in [0.5, 0.6) is 0 Å². The number of aliphatic carboxylic acids is 2. The molecule has 0 spiro atoms. The maximum absolute atomic E-state index is 9.99. The highest BCUT2D eigenvalue weighted by atomic mass is 32.1. The van der Waals surface area contributed by atoms with Gasteiger partial charge < -0.3 is 21.7 Å². The van der Waals surface area contributed by atoms with Crippen LogP contribution in [0.2, 0.25) is 0 Å². The summed E-state index contributed by atoms with van der Waals surface area (Å²) >= 11 is 1.33. The fourth-order valence-corrected chi connectivity index (χ4v) is 0.881. The number of rotatable bonds is 4. The summed E-state index contributed by atoms with van der Waals surface area (Å²) in [6, 6.07) is -1.06. The minimum Gasteiger partial charge on any atom is -0.481 e. The van der Waals surface area contributed by atoms with Crippen molar-refractivity contribution in [2.45, 2.75) is 18.9 Å². The zero-order valence-corrected chi connectivity index (χ0v) is 9.05. The molecule has 0 aromatic carbocycles. The Hall–Kier alpha value is -1.74. The zero-order valence-electron chi connectivity index (χ0n) is 8.24. The van der Waals surface area contributed by atoms with E-state index in [1.54, 1.807) is 5.51 Å². The maximum atomic E-state index is 9.99. The van der Waals surface area contributed by atoms with Crippen molar-refractivity contribution in [1.82, 2.24) is 10.2 Å². The summed E-state index contributed by atoms with van der Waals surface area (Å²) in [5, 5.41) is 23.7. The van der Waals surface area contributed by atoms with Crippen molar-refractivity contribution in [1.29, 1.82) is 0 Å². The third-order valence-electron chi connectivity index (χ3n) is 1.36. The molecule has 0 saturated heterocycles. The van der Waals surface area contributed by atoms with Crippen LogP contribution in [0.15, 0.2) is 5.51 Å². The van der Waals surface area contributed by atoms with E-state index in [0.29, 0.717) is 5.13 Å². The molecule has 0 bridgehead atoms. The molecule has 90 valence electrons. The molecule has 0 aliphatic rings. The van der Waals surface area contributed by atoms with Crippen molar-refractivity contribution in [3.8, 4) is 0 Å². The Morgan fingerprint density at radius 1 is 1.50 bits per heavy atom. The number of carboxylic acid groups (broad SMARTS) is 2. The van der Waals surface area contributed by atoms with Crippen LogP contribution in [-0.2, 0) is 9.59 Å². The first kappa shape index (κ1) is 14.3. The Bertz CT molecular complexity index is 329. The van der Waals surface area contributed by atoms with Gasteiger partial charge in [-0.3, -0.25) is 9.59 Å². The summed E-state index contributed by atoms with van der Waals surface area (Å²) in [6.07, 6.45) is -0.224. The molecule has 1 heterocycles. The van der Waals surface area contributed by atoms with Crippen molar-refractivity contribution < 1.29 is 19.8 Å². The Morgan fingerprint density at radius 2 is 2.12 bits per heavy atom. The second-order valence-electron chi connectivity index (χ2n) is 2.65. The van der Waals surface area contributed by atoms with Crippen molar-refractivity contribution in [2.75, 3.05) is 5.73 Å². The van der Waals surface area contributed by atoms with Gasteiger partial charge in [0.05, 0.1) is 0 Å². The monoisotopic (exact) mass is 248 g/mol. The summed E-state index contributed by atoms with van der Waals surface area (Å²) in [6.45, 7) is 0. The van der Waals surface area contributed by atoms with Crippen molar-refractivity contribution >= 4 is 28.4 Å². The van der Waals surface area contributed by atoms with Gasteiger partial charge in [0.25, 0.3) is 0 Å². The lowest BCUT2D eigenvalue weighted by atomic mass is 10.2. The van der Waals surface area contributed by atoms with Crippen LogP contribution >= 0.6 is 11.3 Å². The van der Waals surface area contributed by atoms with E-state index in [-0.39, 0.29) is 12.8 Å². The smallest absolute Gasteiger partial charge is 0.320 e. The van der Waals surface area contributed by atoms with Gasteiger partial charge in [-0.15, -0.1) is 10.2 Å². The summed E-state index contributed by atoms with van der Waals surface area (Å²) < 4.78 is 0. The maximum Gasteiger partial charge on any atom is 0.320 e. The number of hydrogen-bond acceptors (Lipinski definition) is 7. The molecule has 1 aromatic heterocycles. The summed E-state index contributed by atoms with van der Waals surface area (Å²) in [7, 11) is 0. The highest BCUT2D eigenvalue weighted by Crippen LogP contribution is 1.99. The van der Waals surface area contributed by atoms with Crippen LogP contribution in [0.3, 0.4) is 0 Å². The molecule has 1 unspecified atom stereocenters. The fourth-order valence-electron chi connectivity index (χ4n) is 0.584. The van der Waals surface area contributed by atoms with Crippen LogP contribution in [0.1, 0.15) is 12.8 Å².